The first-order valence-corrected chi connectivity index (χ1v) is 10.3. The van der Waals surface area contributed by atoms with Crippen molar-refractivity contribution >= 4 is 0 Å². The second-order valence-corrected chi connectivity index (χ2v) is 6.39. The topological polar surface area (TPSA) is 49.7 Å². The predicted molar refractivity (Wildman–Crippen MR) is 105 cm³/mol. The van der Waals surface area contributed by atoms with Gasteiger partial charge in [0.1, 0.15) is 6.79 Å². The summed E-state index contributed by atoms with van der Waals surface area (Å²) in [6.07, 6.45) is 23.7. The summed E-state index contributed by atoms with van der Waals surface area (Å²) in [4.78, 5) is 0. The van der Waals surface area contributed by atoms with Crippen LogP contribution in [0.1, 0.15) is 110 Å². The lowest BCUT2D eigenvalue weighted by molar-refractivity contribution is 0.00540. The first-order valence-electron chi connectivity index (χ1n) is 10.3. The highest BCUT2D eigenvalue weighted by atomic mass is 16.6. The van der Waals surface area contributed by atoms with Crippen LogP contribution in [0.25, 0.3) is 0 Å². The van der Waals surface area contributed by atoms with Crippen molar-refractivity contribution < 1.29 is 14.9 Å². The van der Waals surface area contributed by atoms with Crippen molar-refractivity contribution in [1.29, 1.82) is 0 Å². The lowest BCUT2D eigenvalue weighted by Crippen LogP contribution is -1.88. The van der Waals surface area contributed by atoms with Gasteiger partial charge >= 0.3 is 0 Å². The number of hydrogen-bond donors (Lipinski definition) is 2. The molecule has 0 saturated carbocycles. The average Bonchev–Trinajstić information content (AvgIpc) is 2.60. The summed E-state index contributed by atoms with van der Waals surface area (Å²) in [5.74, 6) is 0. The van der Waals surface area contributed by atoms with E-state index in [2.05, 4.69) is 11.7 Å². The molecule has 0 aliphatic rings. The summed E-state index contributed by atoms with van der Waals surface area (Å²) in [6, 6.07) is 0. The fourth-order valence-corrected chi connectivity index (χ4v) is 2.62. The highest BCUT2D eigenvalue weighted by Gasteiger charge is 1.93. The summed E-state index contributed by atoms with van der Waals surface area (Å²) in [5.41, 5.74) is 0. The fraction of sp³-hybridized carbons (Fsp3) is 0.905. The zero-order valence-electron chi connectivity index (χ0n) is 16.5. The molecular formula is C21H44O3. The third-order valence-electron chi connectivity index (χ3n) is 4.13. The fourth-order valence-electron chi connectivity index (χ4n) is 2.62. The van der Waals surface area contributed by atoms with Gasteiger partial charge in [0.15, 0.2) is 0 Å². The molecule has 0 aliphatic carbocycles. The summed E-state index contributed by atoms with van der Waals surface area (Å²) < 4.78 is 4.39. The van der Waals surface area contributed by atoms with Crippen LogP contribution in [0.5, 0.6) is 0 Å². The molecule has 2 N–H and O–H groups in total. The zero-order chi connectivity index (χ0) is 18.1. The van der Waals surface area contributed by atoms with Crippen LogP contribution in [0.2, 0.25) is 0 Å². The number of unbranched alkanes of at least 4 members (excludes halogenated alkanes) is 14. The Kier molecular flexibility index (Phi) is 29.2. The van der Waals surface area contributed by atoms with Gasteiger partial charge in [-0.05, 0) is 19.8 Å². The van der Waals surface area contributed by atoms with Crippen molar-refractivity contribution in [2.45, 2.75) is 110 Å². The molecule has 0 amide bonds. The Balaban J connectivity index is 0. The molecule has 0 spiro atoms. The number of aliphatic hydroxyl groups is 2. The summed E-state index contributed by atoms with van der Waals surface area (Å²) >= 11 is 0. The zero-order valence-corrected chi connectivity index (χ0v) is 16.5. The Labute approximate surface area is 151 Å². The summed E-state index contributed by atoms with van der Waals surface area (Å²) in [6.45, 7) is 4.55. The minimum absolute atomic E-state index is 0.156. The second kappa shape index (κ2) is 27.3. The lowest BCUT2D eigenvalue weighted by atomic mass is 10.0. The molecule has 3 nitrogen and oxygen atoms in total. The van der Waals surface area contributed by atoms with E-state index >= 15 is 0 Å². The van der Waals surface area contributed by atoms with Gasteiger partial charge in [0.25, 0.3) is 0 Å². The van der Waals surface area contributed by atoms with Gasteiger partial charge in [-0.2, -0.15) is 0 Å². The van der Waals surface area contributed by atoms with Crippen LogP contribution in [0.15, 0.2) is 12.3 Å². The number of aliphatic hydroxyl groups excluding tert-OH is 2. The maximum atomic E-state index is 8.49. The molecule has 146 valence electrons. The predicted octanol–water partition coefficient (Wildman–Crippen LogP) is 6.90. The molecule has 0 atom stereocenters. The largest absolute Gasteiger partial charge is 0.516 e. The van der Waals surface area contributed by atoms with Crippen LogP contribution >= 0.6 is 0 Å². The molecule has 0 fully saturated rings. The molecule has 0 bridgehead atoms. The third-order valence-corrected chi connectivity index (χ3v) is 4.13. The quantitative estimate of drug-likeness (QED) is 0.171. The first kappa shape index (κ1) is 25.7. The van der Waals surface area contributed by atoms with E-state index in [9.17, 15) is 0 Å². The van der Waals surface area contributed by atoms with E-state index in [1.54, 1.807) is 0 Å². The van der Waals surface area contributed by atoms with Crippen molar-refractivity contribution in [2.75, 3.05) is 13.4 Å². The van der Waals surface area contributed by atoms with Crippen LogP contribution in [-0.2, 0) is 4.74 Å². The minimum atomic E-state index is -0.156. The molecule has 0 aromatic heterocycles. The van der Waals surface area contributed by atoms with E-state index in [0.717, 1.165) is 6.42 Å². The molecule has 0 aromatic carbocycles. The van der Waals surface area contributed by atoms with E-state index in [0.29, 0.717) is 6.61 Å². The van der Waals surface area contributed by atoms with E-state index in [-0.39, 0.29) is 6.79 Å². The maximum Gasteiger partial charge on any atom is 0.143 e. The Morgan fingerprint density at radius 3 is 1.38 bits per heavy atom. The number of ether oxygens (including phenoxy) is 1. The minimum Gasteiger partial charge on any atom is -0.516 e. The Bertz CT molecular complexity index is 215. The van der Waals surface area contributed by atoms with Crippen molar-refractivity contribution in [3.8, 4) is 0 Å². The molecule has 0 radical (unpaired) electrons. The van der Waals surface area contributed by atoms with Crippen LogP contribution in [-0.4, -0.2) is 23.6 Å². The smallest absolute Gasteiger partial charge is 0.143 e. The number of allylic oxidation sites excluding steroid dienone is 1. The number of hydrogen-bond acceptors (Lipinski definition) is 3. The first-order chi connectivity index (χ1) is 11.8. The van der Waals surface area contributed by atoms with E-state index in [4.69, 9.17) is 10.2 Å². The standard InChI is InChI=1S/C18H36O.C3H8O2/c1-2-3-4-5-6-7-8-9-10-11-12-13-14-15-16-17-18-19;1-2-5-3-4/h17-19H,2-16H2,1H3;4H,2-3H2,1H3/b18-17+;. The van der Waals surface area contributed by atoms with Crippen LogP contribution < -0.4 is 0 Å². The molecule has 0 heterocycles. The molecular weight excluding hydrogens is 300 g/mol. The Morgan fingerprint density at radius 2 is 1.08 bits per heavy atom. The average molecular weight is 345 g/mol. The van der Waals surface area contributed by atoms with Crippen molar-refractivity contribution in [3.05, 3.63) is 12.3 Å². The van der Waals surface area contributed by atoms with Crippen molar-refractivity contribution in [1.82, 2.24) is 0 Å². The van der Waals surface area contributed by atoms with E-state index < -0.39 is 0 Å². The van der Waals surface area contributed by atoms with Gasteiger partial charge in [0.2, 0.25) is 0 Å². The Morgan fingerprint density at radius 1 is 0.667 bits per heavy atom. The molecule has 0 saturated heterocycles. The second-order valence-electron chi connectivity index (χ2n) is 6.39. The van der Waals surface area contributed by atoms with Gasteiger partial charge < -0.3 is 14.9 Å². The molecule has 0 rings (SSSR count). The Hall–Kier alpha value is -0.540. The summed E-state index contributed by atoms with van der Waals surface area (Å²) in [7, 11) is 0. The van der Waals surface area contributed by atoms with Crippen molar-refractivity contribution in [3.63, 3.8) is 0 Å². The molecule has 0 aromatic rings. The van der Waals surface area contributed by atoms with Crippen LogP contribution in [0, 0.1) is 0 Å². The molecule has 0 aliphatic heterocycles. The van der Waals surface area contributed by atoms with Crippen LogP contribution in [0.3, 0.4) is 0 Å². The van der Waals surface area contributed by atoms with Crippen LogP contribution in [0.4, 0.5) is 0 Å². The number of rotatable bonds is 17. The summed E-state index contributed by atoms with van der Waals surface area (Å²) in [5, 5.41) is 16.3. The lowest BCUT2D eigenvalue weighted by Gasteiger charge is -2.02. The molecule has 24 heavy (non-hydrogen) atoms. The normalized spacial score (nSPS) is 10.8. The SMILES string of the molecule is CCCCCCCCCCCCCCCC/C=C/O.CCOCO. The maximum absolute atomic E-state index is 8.49. The van der Waals surface area contributed by atoms with Gasteiger partial charge in [0.05, 0.1) is 6.26 Å². The van der Waals surface area contributed by atoms with E-state index in [1.807, 2.05) is 13.0 Å². The van der Waals surface area contributed by atoms with Gasteiger partial charge in [-0.25, -0.2) is 0 Å². The van der Waals surface area contributed by atoms with E-state index in [1.165, 1.54) is 96.2 Å². The monoisotopic (exact) mass is 344 g/mol. The van der Waals surface area contributed by atoms with Gasteiger partial charge in [0, 0.05) is 6.61 Å². The molecule has 3 heteroatoms. The third kappa shape index (κ3) is 29.5. The van der Waals surface area contributed by atoms with Gasteiger partial charge in [-0.15, -0.1) is 0 Å². The highest BCUT2D eigenvalue weighted by molar-refractivity contribution is 4.70. The van der Waals surface area contributed by atoms with Gasteiger partial charge in [-0.3, -0.25) is 0 Å². The van der Waals surface area contributed by atoms with Crippen molar-refractivity contribution in [2.24, 2.45) is 0 Å². The molecule has 0 unspecified atom stereocenters. The van der Waals surface area contributed by atoms with Gasteiger partial charge in [-0.1, -0.05) is 96.5 Å². The highest BCUT2D eigenvalue weighted by Crippen LogP contribution is 2.13.